The van der Waals surface area contributed by atoms with Gasteiger partial charge in [0, 0.05) is 11.8 Å². The van der Waals surface area contributed by atoms with Crippen LogP contribution < -0.4 is 10.5 Å². The molecule has 1 radical (unpaired) electrons. The van der Waals surface area contributed by atoms with Gasteiger partial charge in [-0.15, -0.1) is 11.3 Å². The van der Waals surface area contributed by atoms with Gasteiger partial charge in [0.2, 0.25) is 0 Å². The van der Waals surface area contributed by atoms with Crippen LogP contribution in [0.25, 0.3) is 0 Å². The number of carbonyl (C=O) groups excluding carboxylic acids is 1. The van der Waals surface area contributed by atoms with E-state index in [1.54, 1.807) is 13.2 Å². The molecule has 1 heterocycles. The molecular formula is C18H23N2O3SSe. The Kier molecular flexibility index (Phi) is 12.2. The molecule has 0 fully saturated rings. The first-order valence-corrected chi connectivity index (χ1v) is 9.89. The number of nitrogens with zero attached hydrogens (tertiary/aromatic N) is 1. The van der Waals surface area contributed by atoms with Gasteiger partial charge in [-0.2, -0.15) is 5.26 Å². The van der Waals surface area contributed by atoms with Gasteiger partial charge in [0.1, 0.15) is 10.8 Å². The second-order valence-electron chi connectivity index (χ2n) is 4.55. The van der Waals surface area contributed by atoms with Gasteiger partial charge in [0.25, 0.3) is 0 Å². The minimum absolute atomic E-state index is 0.380. The summed E-state index contributed by atoms with van der Waals surface area (Å²) >= 11 is 4.06. The number of anilines is 1. The molecule has 0 saturated heterocycles. The van der Waals surface area contributed by atoms with Crippen LogP contribution in [0.4, 0.5) is 5.00 Å². The fraction of sp³-hybridized carbons (Fsp3) is 0.333. The summed E-state index contributed by atoms with van der Waals surface area (Å²) in [7, 11) is 3.01. The van der Waals surface area contributed by atoms with Gasteiger partial charge in [0.05, 0.1) is 25.9 Å². The van der Waals surface area contributed by atoms with Crippen molar-refractivity contribution in [3.05, 3.63) is 46.3 Å². The van der Waals surface area contributed by atoms with Crippen LogP contribution in [-0.4, -0.2) is 36.2 Å². The summed E-state index contributed by atoms with van der Waals surface area (Å²) in [6.45, 7) is 1.43. The van der Waals surface area contributed by atoms with Crippen molar-refractivity contribution in [1.82, 2.24) is 0 Å². The fourth-order valence-electron chi connectivity index (χ4n) is 1.91. The van der Waals surface area contributed by atoms with Crippen LogP contribution >= 0.6 is 11.3 Å². The number of ether oxygens (including phenoxy) is 2. The van der Waals surface area contributed by atoms with E-state index < -0.39 is 0 Å². The predicted octanol–water partition coefficient (Wildman–Crippen LogP) is 3.64. The van der Waals surface area contributed by atoms with Crippen molar-refractivity contribution in [2.75, 3.05) is 20.0 Å². The number of esters is 1. The quantitative estimate of drug-likeness (QED) is 0.583. The normalized spacial score (nSPS) is 8.80. The summed E-state index contributed by atoms with van der Waals surface area (Å²) in [6, 6.07) is 11.5. The van der Waals surface area contributed by atoms with E-state index in [2.05, 4.69) is 16.0 Å². The maximum absolute atomic E-state index is 11.5. The summed E-state index contributed by atoms with van der Waals surface area (Å²) in [5, 5.41) is 7.83. The molecule has 25 heavy (non-hydrogen) atoms. The third-order valence-corrected chi connectivity index (χ3v) is 4.06. The number of methoxy groups -OCH3 is 2. The topological polar surface area (TPSA) is 85.3 Å². The first kappa shape index (κ1) is 23.0. The Hall–Kier alpha value is -2.00. The number of nitriles is 1. The molecule has 2 aromatic rings. The molecule has 2 rings (SSSR count). The number of nitrogen functional groups attached to an aromatic ring is 1. The van der Waals surface area contributed by atoms with Crippen molar-refractivity contribution in [3.8, 4) is 11.8 Å². The Morgan fingerprint density at radius 1 is 1.24 bits per heavy atom. The Morgan fingerprint density at radius 2 is 1.80 bits per heavy atom. The predicted molar refractivity (Wildman–Crippen MR) is 103 cm³/mol. The van der Waals surface area contributed by atoms with E-state index in [0.29, 0.717) is 10.6 Å². The summed E-state index contributed by atoms with van der Waals surface area (Å²) in [5.41, 5.74) is 7.51. The Labute approximate surface area is 161 Å². The molecule has 0 aliphatic rings. The molecule has 1 aromatic carbocycles. The molecule has 0 amide bonds. The zero-order valence-electron chi connectivity index (χ0n) is 14.9. The SMILES string of the molecule is CC#N.COC(=O)c1cc(CCc2ccc(OC)cc2)sc1N.C[Se]. The van der Waals surface area contributed by atoms with Gasteiger partial charge in [0.15, 0.2) is 0 Å². The molecule has 5 nitrogen and oxygen atoms in total. The second-order valence-corrected chi connectivity index (χ2v) is 5.72. The van der Waals surface area contributed by atoms with E-state index in [1.165, 1.54) is 30.9 Å². The molecule has 0 spiro atoms. The van der Waals surface area contributed by atoms with Crippen molar-refractivity contribution < 1.29 is 14.3 Å². The standard InChI is InChI=1S/C15H17NO3S.C2H3N.CH3Se/c1-18-11-6-3-10(4-7-11)5-8-12-9-13(14(16)20-12)15(17)19-2;1-2-3;1-2/h3-4,6-7,9H,5,8,16H2,1-2H3;1H3;1H3. The van der Waals surface area contributed by atoms with E-state index in [0.717, 1.165) is 23.5 Å². The molecule has 0 aliphatic carbocycles. The second kappa shape index (κ2) is 13.3. The van der Waals surface area contributed by atoms with Crippen molar-refractivity contribution in [2.45, 2.75) is 25.6 Å². The van der Waals surface area contributed by atoms with Gasteiger partial charge in [-0.1, -0.05) is 12.1 Å². The zero-order chi connectivity index (χ0) is 19.2. The Balaban J connectivity index is 0.00000104. The molecule has 0 bridgehead atoms. The van der Waals surface area contributed by atoms with Gasteiger partial charge in [-0.3, -0.25) is 0 Å². The molecule has 2 N–H and O–H groups in total. The molecule has 0 saturated carbocycles. The van der Waals surface area contributed by atoms with Gasteiger partial charge >= 0.3 is 27.8 Å². The third-order valence-electron chi connectivity index (χ3n) is 3.04. The van der Waals surface area contributed by atoms with E-state index in [4.69, 9.17) is 20.5 Å². The van der Waals surface area contributed by atoms with Crippen LogP contribution in [0.1, 0.15) is 27.7 Å². The van der Waals surface area contributed by atoms with Crippen molar-refractivity contribution >= 4 is 38.3 Å². The summed E-state index contributed by atoms with van der Waals surface area (Å²) in [5.74, 6) is 2.34. The number of carbonyl (C=O) groups is 1. The summed E-state index contributed by atoms with van der Waals surface area (Å²) in [4.78, 5) is 12.6. The number of rotatable bonds is 5. The monoisotopic (exact) mass is 427 g/mol. The van der Waals surface area contributed by atoms with E-state index in [1.807, 2.05) is 36.2 Å². The molecule has 1 aromatic heterocycles. The van der Waals surface area contributed by atoms with Crippen molar-refractivity contribution in [3.63, 3.8) is 0 Å². The average molecular weight is 426 g/mol. The summed E-state index contributed by atoms with van der Waals surface area (Å²) < 4.78 is 9.82. The van der Waals surface area contributed by atoms with E-state index in [-0.39, 0.29) is 5.97 Å². The number of hydrogen-bond acceptors (Lipinski definition) is 6. The van der Waals surface area contributed by atoms with E-state index in [9.17, 15) is 4.79 Å². The number of benzene rings is 1. The Morgan fingerprint density at radius 3 is 2.28 bits per heavy atom. The molecule has 0 unspecified atom stereocenters. The fourth-order valence-corrected chi connectivity index (χ4v) is 2.83. The molecule has 0 aliphatic heterocycles. The van der Waals surface area contributed by atoms with Crippen molar-refractivity contribution in [2.24, 2.45) is 0 Å². The number of thiophene rings is 1. The van der Waals surface area contributed by atoms with E-state index >= 15 is 0 Å². The molecular weight excluding hydrogens is 403 g/mol. The van der Waals surface area contributed by atoms with Crippen LogP contribution in [0.2, 0.25) is 5.82 Å². The average Bonchev–Trinajstić information content (AvgIpc) is 3.03. The van der Waals surface area contributed by atoms with Gasteiger partial charge in [-0.25, -0.2) is 4.79 Å². The molecule has 135 valence electrons. The van der Waals surface area contributed by atoms with Crippen LogP contribution in [0.5, 0.6) is 5.75 Å². The number of aryl methyl sites for hydroxylation is 2. The van der Waals surface area contributed by atoms with Crippen LogP contribution in [-0.2, 0) is 17.6 Å². The summed E-state index contributed by atoms with van der Waals surface area (Å²) in [6.07, 6.45) is 1.74. The first-order chi connectivity index (χ1) is 12.0. The van der Waals surface area contributed by atoms with Gasteiger partial charge < -0.3 is 15.2 Å². The molecule has 0 atom stereocenters. The number of nitrogens with two attached hydrogens (primary N) is 1. The van der Waals surface area contributed by atoms with Crippen molar-refractivity contribution in [1.29, 1.82) is 5.26 Å². The minimum atomic E-state index is -0.380. The third kappa shape index (κ3) is 8.08. The van der Waals surface area contributed by atoms with Crippen LogP contribution in [0.15, 0.2) is 30.3 Å². The van der Waals surface area contributed by atoms with Crippen LogP contribution in [0.3, 0.4) is 0 Å². The van der Waals surface area contributed by atoms with Gasteiger partial charge in [-0.05, 0) is 36.6 Å². The Bertz CT molecular complexity index is 679. The van der Waals surface area contributed by atoms with Crippen LogP contribution in [0, 0.1) is 11.3 Å². The molecule has 7 heteroatoms. The zero-order valence-corrected chi connectivity index (χ0v) is 17.4. The first-order valence-electron chi connectivity index (χ1n) is 7.36. The number of hydrogen-bond donors (Lipinski definition) is 1. The maximum atomic E-state index is 11.5.